The van der Waals surface area contributed by atoms with E-state index in [0.29, 0.717) is 0 Å². The molecule has 1 aromatic carbocycles. The number of carbonyl (C=O) groups excluding carboxylic acids is 2. The molecule has 2 bridgehead atoms. The standard InChI is InChI=1S/C24H24N2O5S2/c1-10-5-2-3-6-11(10)15-16-12-9-13(19(16)32-21-20(15)33-24(31)25-21)18-17(12)22(29)26(23(18)30)8-4-7-14(27)28/h2-3,5-6,12-13,15-19H,4,7-9H2,1H3,(H,25,31)(H,27,28)/t12-,13+,15+,16-,17+,18+,19+/m0/s1. The molecule has 0 radical (unpaired) electrons. The van der Waals surface area contributed by atoms with Crippen molar-refractivity contribution >= 4 is 40.9 Å². The van der Waals surface area contributed by atoms with Crippen molar-refractivity contribution in [3.63, 3.8) is 0 Å². The van der Waals surface area contributed by atoms with Crippen LogP contribution in [0.4, 0.5) is 0 Å². The number of hydrogen-bond acceptors (Lipinski definition) is 6. The van der Waals surface area contributed by atoms with Crippen LogP contribution in [0.1, 0.15) is 41.2 Å². The van der Waals surface area contributed by atoms with Crippen LogP contribution in [-0.2, 0) is 14.4 Å². The van der Waals surface area contributed by atoms with Crippen molar-refractivity contribution in [2.24, 2.45) is 29.6 Å². The summed E-state index contributed by atoms with van der Waals surface area (Å²) < 4.78 is 0. The topological polar surface area (TPSA) is 108 Å². The van der Waals surface area contributed by atoms with Crippen LogP contribution in [0.2, 0.25) is 0 Å². The number of H-pyrrole nitrogens is 1. The number of carboxylic acids is 1. The van der Waals surface area contributed by atoms with Crippen LogP contribution in [0, 0.1) is 36.5 Å². The predicted octanol–water partition coefficient (Wildman–Crippen LogP) is 3.08. The molecule has 2 N–H and O–H groups in total. The number of likely N-dealkylation sites (tertiary alicyclic amines) is 1. The van der Waals surface area contributed by atoms with Crippen molar-refractivity contribution in [2.45, 2.75) is 42.4 Å². The third-order valence-corrected chi connectivity index (χ3v) is 10.7. The number of aliphatic carboxylic acids is 1. The maximum absolute atomic E-state index is 13.4. The minimum Gasteiger partial charge on any atom is -0.481 e. The number of amides is 2. The number of fused-ring (bicyclic) bond motifs is 9. The lowest BCUT2D eigenvalue weighted by Crippen LogP contribution is -2.42. The highest BCUT2D eigenvalue weighted by molar-refractivity contribution is 8.00. The molecular weight excluding hydrogens is 460 g/mol. The second kappa shape index (κ2) is 7.56. The van der Waals surface area contributed by atoms with Crippen LogP contribution in [0.5, 0.6) is 0 Å². The lowest BCUT2D eigenvalue weighted by atomic mass is 9.67. The van der Waals surface area contributed by atoms with E-state index >= 15 is 0 Å². The first-order valence-electron chi connectivity index (χ1n) is 11.4. The molecule has 7 atom stereocenters. The number of rotatable bonds is 5. The summed E-state index contributed by atoms with van der Waals surface area (Å²) in [5, 5.41) is 10.0. The summed E-state index contributed by atoms with van der Waals surface area (Å²) in [4.78, 5) is 55.2. The number of carboxylic acid groups (broad SMARTS) is 1. The van der Waals surface area contributed by atoms with E-state index in [2.05, 4.69) is 24.0 Å². The molecule has 172 valence electrons. The van der Waals surface area contributed by atoms with Crippen molar-refractivity contribution in [3.05, 3.63) is 49.9 Å². The van der Waals surface area contributed by atoms with Gasteiger partial charge < -0.3 is 10.1 Å². The number of thioether (sulfide) groups is 1. The molecule has 7 nitrogen and oxygen atoms in total. The van der Waals surface area contributed by atoms with E-state index in [1.165, 1.54) is 27.4 Å². The molecule has 2 saturated carbocycles. The number of hydrogen-bond donors (Lipinski definition) is 2. The zero-order chi connectivity index (χ0) is 23.0. The van der Waals surface area contributed by atoms with Gasteiger partial charge >= 0.3 is 10.8 Å². The Bertz CT molecular complexity index is 1240. The van der Waals surface area contributed by atoms with E-state index in [1.807, 2.05) is 12.1 Å². The average molecular weight is 485 g/mol. The Labute approximate surface area is 198 Å². The third kappa shape index (κ3) is 3.01. The van der Waals surface area contributed by atoms with Crippen LogP contribution >= 0.6 is 23.1 Å². The van der Waals surface area contributed by atoms with Gasteiger partial charge in [-0.3, -0.25) is 24.1 Å². The zero-order valence-corrected chi connectivity index (χ0v) is 19.7. The lowest BCUT2D eigenvalue weighted by Gasteiger charge is -2.43. The molecule has 2 aliphatic heterocycles. The Hall–Kier alpha value is -2.39. The second-order valence-electron chi connectivity index (χ2n) is 9.64. The van der Waals surface area contributed by atoms with Crippen LogP contribution < -0.4 is 4.87 Å². The molecule has 33 heavy (non-hydrogen) atoms. The molecule has 9 heteroatoms. The first-order chi connectivity index (χ1) is 15.9. The maximum atomic E-state index is 13.4. The van der Waals surface area contributed by atoms with Gasteiger partial charge in [0.2, 0.25) is 11.8 Å². The number of imide groups is 1. The number of aryl methyl sites for hydroxylation is 1. The molecule has 1 aromatic heterocycles. The normalized spacial score (nSPS) is 33.8. The number of nitrogens with zero attached hydrogens (tertiary/aromatic N) is 1. The summed E-state index contributed by atoms with van der Waals surface area (Å²) in [7, 11) is 0. The molecule has 1 saturated heterocycles. The Balaban J connectivity index is 1.39. The summed E-state index contributed by atoms with van der Waals surface area (Å²) >= 11 is 2.96. The van der Waals surface area contributed by atoms with E-state index in [-0.39, 0.29) is 76.8 Å². The summed E-state index contributed by atoms with van der Waals surface area (Å²) in [5.74, 6) is -1.39. The summed E-state index contributed by atoms with van der Waals surface area (Å²) in [6.45, 7) is 2.27. The molecule has 0 spiro atoms. The van der Waals surface area contributed by atoms with E-state index in [0.717, 1.165) is 16.3 Å². The number of carbonyl (C=O) groups is 3. The van der Waals surface area contributed by atoms with Crippen LogP contribution in [0.25, 0.3) is 0 Å². The average Bonchev–Trinajstić information content (AvgIpc) is 3.49. The lowest BCUT2D eigenvalue weighted by molar-refractivity contribution is -0.142. The molecule has 2 aliphatic carbocycles. The number of thiazole rings is 1. The molecule has 4 aliphatic rings. The van der Waals surface area contributed by atoms with Gasteiger partial charge in [-0.25, -0.2) is 0 Å². The van der Waals surface area contributed by atoms with Gasteiger partial charge in [0, 0.05) is 29.0 Å². The van der Waals surface area contributed by atoms with Gasteiger partial charge in [0.15, 0.2) is 0 Å². The van der Waals surface area contributed by atoms with Gasteiger partial charge in [-0.15, -0.1) is 11.8 Å². The molecular formula is C24H24N2O5S2. The Morgan fingerprint density at radius 2 is 1.88 bits per heavy atom. The van der Waals surface area contributed by atoms with Gasteiger partial charge in [0.1, 0.15) is 0 Å². The maximum Gasteiger partial charge on any atom is 0.305 e. The minimum absolute atomic E-state index is 0.0383. The van der Waals surface area contributed by atoms with E-state index < -0.39 is 5.97 Å². The van der Waals surface area contributed by atoms with Crippen molar-refractivity contribution in [3.8, 4) is 0 Å². The first kappa shape index (κ1) is 21.2. The first-order valence-corrected chi connectivity index (χ1v) is 13.1. The van der Waals surface area contributed by atoms with E-state index in [9.17, 15) is 19.2 Å². The van der Waals surface area contributed by atoms with Crippen molar-refractivity contribution in [1.29, 1.82) is 0 Å². The summed E-state index contributed by atoms with van der Waals surface area (Å²) in [6.07, 6.45) is 1.09. The van der Waals surface area contributed by atoms with Crippen molar-refractivity contribution in [2.75, 3.05) is 6.54 Å². The van der Waals surface area contributed by atoms with Crippen LogP contribution in [0.15, 0.2) is 34.1 Å². The summed E-state index contributed by atoms with van der Waals surface area (Å²) in [5.41, 5.74) is 2.37. The van der Waals surface area contributed by atoms with Crippen LogP contribution in [0.3, 0.4) is 0 Å². The van der Waals surface area contributed by atoms with Gasteiger partial charge in [-0.05, 0) is 48.6 Å². The Morgan fingerprint density at radius 3 is 2.61 bits per heavy atom. The number of benzene rings is 1. The monoisotopic (exact) mass is 484 g/mol. The van der Waals surface area contributed by atoms with Gasteiger partial charge in [-0.2, -0.15) is 0 Å². The highest BCUT2D eigenvalue weighted by Gasteiger charge is 2.69. The number of aromatic amines is 1. The molecule has 3 heterocycles. The smallest absolute Gasteiger partial charge is 0.305 e. The highest BCUT2D eigenvalue weighted by Crippen LogP contribution is 2.68. The van der Waals surface area contributed by atoms with Gasteiger partial charge in [0.05, 0.1) is 16.9 Å². The molecule has 2 aromatic rings. The SMILES string of the molecule is Cc1ccccc1[C@H]1c2sc(=O)[nH]c2S[C@@H]2[C@@H]3C[C@H]([C@H]4C(=O)N(CCCC(=O)O)C(=O)[C@H]34)[C@@H]12. The second-order valence-corrected chi connectivity index (χ2v) is 11.8. The summed E-state index contributed by atoms with van der Waals surface area (Å²) in [6, 6.07) is 8.26. The number of nitrogens with one attached hydrogen (secondary N) is 1. The Morgan fingerprint density at radius 1 is 1.15 bits per heavy atom. The third-order valence-electron chi connectivity index (χ3n) is 8.11. The zero-order valence-electron chi connectivity index (χ0n) is 18.0. The van der Waals surface area contributed by atoms with E-state index in [4.69, 9.17) is 5.11 Å². The fourth-order valence-corrected chi connectivity index (χ4v) is 9.85. The quantitative estimate of drug-likeness (QED) is 0.632. The number of aromatic nitrogens is 1. The van der Waals surface area contributed by atoms with E-state index in [1.54, 1.807) is 11.8 Å². The fourth-order valence-electron chi connectivity index (χ4n) is 6.97. The molecule has 2 amide bonds. The Kier molecular flexibility index (Phi) is 4.85. The predicted molar refractivity (Wildman–Crippen MR) is 123 cm³/mol. The largest absolute Gasteiger partial charge is 0.481 e. The minimum atomic E-state index is -0.919. The highest BCUT2D eigenvalue weighted by atomic mass is 32.2. The molecule has 3 fully saturated rings. The van der Waals surface area contributed by atoms with Crippen molar-refractivity contribution in [1.82, 2.24) is 9.88 Å². The van der Waals surface area contributed by atoms with Crippen molar-refractivity contribution < 1.29 is 19.5 Å². The van der Waals surface area contributed by atoms with Gasteiger partial charge in [-0.1, -0.05) is 35.6 Å². The van der Waals surface area contributed by atoms with Gasteiger partial charge in [0.25, 0.3) is 0 Å². The fraction of sp³-hybridized carbons (Fsp3) is 0.500. The van der Waals surface area contributed by atoms with Crippen LogP contribution in [-0.4, -0.2) is 44.6 Å². The molecule has 6 rings (SSSR count). The molecule has 0 unspecified atom stereocenters.